The summed E-state index contributed by atoms with van der Waals surface area (Å²) in [6.45, 7) is 2.67. The van der Waals surface area contributed by atoms with Gasteiger partial charge in [0.2, 0.25) is 0 Å². The van der Waals surface area contributed by atoms with Crippen molar-refractivity contribution in [3.05, 3.63) is 21.9 Å². The summed E-state index contributed by atoms with van der Waals surface area (Å²) in [5.74, 6) is -1.02. The van der Waals surface area contributed by atoms with Crippen molar-refractivity contribution in [2.45, 2.75) is 25.9 Å². The van der Waals surface area contributed by atoms with E-state index in [0.717, 1.165) is 6.42 Å². The van der Waals surface area contributed by atoms with Crippen molar-refractivity contribution in [1.29, 1.82) is 0 Å². The van der Waals surface area contributed by atoms with Crippen molar-refractivity contribution >= 4 is 23.3 Å². The van der Waals surface area contributed by atoms with E-state index in [2.05, 4.69) is 5.32 Å². The molecular weight excluding hydrogens is 240 g/mol. The standard InChI is InChI=1S/C11H14N2O3S/c1-7(10(14)15)12-11(16)13-4-2-9-8(6-13)3-5-17-9/h3,5,7H,2,4,6H2,1H3,(H,12,16)(H,14,15)/t7-/m0/s1. The van der Waals surface area contributed by atoms with Gasteiger partial charge in [-0.3, -0.25) is 4.79 Å². The van der Waals surface area contributed by atoms with Gasteiger partial charge >= 0.3 is 12.0 Å². The van der Waals surface area contributed by atoms with E-state index in [0.29, 0.717) is 13.1 Å². The summed E-state index contributed by atoms with van der Waals surface area (Å²) in [6, 6.07) is 0.850. The number of hydrogen-bond donors (Lipinski definition) is 2. The zero-order valence-corrected chi connectivity index (χ0v) is 10.3. The van der Waals surface area contributed by atoms with E-state index < -0.39 is 12.0 Å². The molecule has 0 unspecified atom stereocenters. The number of urea groups is 1. The van der Waals surface area contributed by atoms with Gasteiger partial charge in [-0.1, -0.05) is 0 Å². The second kappa shape index (κ2) is 4.75. The fraction of sp³-hybridized carbons (Fsp3) is 0.455. The zero-order valence-electron chi connectivity index (χ0n) is 9.47. The van der Waals surface area contributed by atoms with Gasteiger partial charge in [0.15, 0.2) is 0 Å². The van der Waals surface area contributed by atoms with Crippen LogP contribution in [0.15, 0.2) is 11.4 Å². The lowest BCUT2D eigenvalue weighted by molar-refractivity contribution is -0.138. The topological polar surface area (TPSA) is 69.6 Å². The van der Waals surface area contributed by atoms with Crippen molar-refractivity contribution in [3.8, 4) is 0 Å². The van der Waals surface area contributed by atoms with Crippen LogP contribution in [0.2, 0.25) is 0 Å². The molecule has 0 fully saturated rings. The molecule has 2 amide bonds. The van der Waals surface area contributed by atoms with Crippen LogP contribution < -0.4 is 5.32 Å². The van der Waals surface area contributed by atoms with Crippen LogP contribution >= 0.6 is 11.3 Å². The van der Waals surface area contributed by atoms with Gasteiger partial charge in [0.25, 0.3) is 0 Å². The predicted molar refractivity (Wildman–Crippen MR) is 64.1 cm³/mol. The molecule has 5 nitrogen and oxygen atoms in total. The largest absolute Gasteiger partial charge is 0.480 e. The Balaban J connectivity index is 1.96. The fourth-order valence-corrected chi connectivity index (χ4v) is 2.65. The summed E-state index contributed by atoms with van der Waals surface area (Å²) in [6.07, 6.45) is 0.849. The summed E-state index contributed by atoms with van der Waals surface area (Å²) < 4.78 is 0. The molecule has 2 N–H and O–H groups in total. The molecule has 92 valence electrons. The van der Waals surface area contributed by atoms with Crippen LogP contribution in [0.5, 0.6) is 0 Å². The molecule has 0 saturated heterocycles. The second-order valence-corrected chi connectivity index (χ2v) is 5.05. The summed E-state index contributed by atoms with van der Waals surface area (Å²) in [5, 5.41) is 13.2. The maximum atomic E-state index is 11.8. The SMILES string of the molecule is C[C@H](NC(=O)N1CCc2sccc2C1)C(=O)O. The Morgan fingerprint density at radius 3 is 3.06 bits per heavy atom. The summed E-state index contributed by atoms with van der Waals surface area (Å²) in [4.78, 5) is 25.4. The molecule has 6 heteroatoms. The first-order valence-corrected chi connectivity index (χ1v) is 6.29. The molecule has 2 rings (SSSR count). The second-order valence-electron chi connectivity index (χ2n) is 4.05. The number of hydrogen-bond acceptors (Lipinski definition) is 3. The van der Waals surface area contributed by atoms with Crippen molar-refractivity contribution in [3.63, 3.8) is 0 Å². The molecule has 1 aliphatic heterocycles. The van der Waals surface area contributed by atoms with Gasteiger partial charge in [0, 0.05) is 18.0 Å². The first kappa shape index (κ1) is 11.9. The Morgan fingerprint density at radius 1 is 1.59 bits per heavy atom. The van der Waals surface area contributed by atoms with Crippen molar-refractivity contribution in [2.75, 3.05) is 6.54 Å². The number of amides is 2. The van der Waals surface area contributed by atoms with Crippen LogP contribution in [0.4, 0.5) is 4.79 Å². The number of thiophene rings is 1. The predicted octanol–water partition coefficient (Wildman–Crippen LogP) is 1.29. The average Bonchev–Trinajstić information content (AvgIpc) is 2.75. The number of carboxylic acid groups (broad SMARTS) is 1. The third-order valence-corrected chi connectivity index (χ3v) is 3.83. The monoisotopic (exact) mass is 254 g/mol. The number of aliphatic carboxylic acids is 1. The summed E-state index contributed by atoms with van der Waals surface area (Å²) >= 11 is 1.71. The Hall–Kier alpha value is -1.56. The number of carbonyl (C=O) groups excluding carboxylic acids is 1. The van der Waals surface area contributed by atoms with Crippen LogP contribution in [0.25, 0.3) is 0 Å². The van der Waals surface area contributed by atoms with Crippen LogP contribution in [-0.2, 0) is 17.8 Å². The van der Waals surface area contributed by atoms with Crippen molar-refractivity contribution < 1.29 is 14.7 Å². The quantitative estimate of drug-likeness (QED) is 0.835. The third-order valence-electron chi connectivity index (χ3n) is 2.81. The van der Waals surface area contributed by atoms with Gasteiger partial charge in [-0.15, -0.1) is 11.3 Å². The number of fused-ring (bicyclic) bond motifs is 1. The molecule has 0 bridgehead atoms. The summed E-state index contributed by atoms with van der Waals surface area (Å²) in [5.41, 5.74) is 1.17. The van der Waals surface area contributed by atoms with Crippen molar-refractivity contribution in [2.24, 2.45) is 0 Å². The van der Waals surface area contributed by atoms with Crippen molar-refractivity contribution in [1.82, 2.24) is 10.2 Å². The number of rotatable bonds is 2. The van der Waals surface area contributed by atoms with Gasteiger partial charge in [-0.05, 0) is 30.4 Å². The first-order valence-electron chi connectivity index (χ1n) is 5.41. The normalized spacial score (nSPS) is 16.2. The Labute approximate surface area is 103 Å². The fourth-order valence-electron chi connectivity index (χ4n) is 1.76. The highest BCUT2D eigenvalue weighted by molar-refractivity contribution is 7.10. The molecule has 17 heavy (non-hydrogen) atoms. The number of nitrogens with one attached hydrogen (secondary N) is 1. The summed E-state index contributed by atoms with van der Waals surface area (Å²) in [7, 11) is 0. The molecular formula is C11H14N2O3S. The molecule has 1 aliphatic rings. The van der Waals surface area contributed by atoms with E-state index in [-0.39, 0.29) is 6.03 Å². The highest BCUT2D eigenvalue weighted by Crippen LogP contribution is 2.23. The molecule has 0 saturated carbocycles. The molecule has 0 aromatic carbocycles. The van der Waals surface area contributed by atoms with Gasteiger partial charge in [-0.25, -0.2) is 4.79 Å². The first-order chi connectivity index (χ1) is 8.08. The van der Waals surface area contributed by atoms with Crippen LogP contribution in [0.1, 0.15) is 17.4 Å². The molecule has 0 aliphatic carbocycles. The molecule has 1 aromatic rings. The van der Waals surface area contributed by atoms with E-state index in [1.54, 1.807) is 16.2 Å². The molecule has 2 heterocycles. The van der Waals surface area contributed by atoms with Gasteiger partial charge in [0.05, 0.1) is 0 Å². The Bertz CT molecular complexity index is 444. The number of nitrogens with zero attached hydrogens (tertiary/aromatic N) is 1. The van der Waals surface area contributed by atoms with Gasteiger partial charge < -0.3 is 15.3 Å². The molecule has 0 radical (unpaired) electrons. The van der Waals surface area contributed by atoms with E-state index in [1.165, 1.54) is 17.4 Å². The lowest BCUT2D eigenvalue weighted by atomic mass is 10.1. The maximum absolute atomic E-state index is 11.8. The molecule has 1 aromatic heterocycles. The van der Waals surface area contributed by atoms with E-state index in [9.17, 15) is 9.59 Å². The van der Waals surface area contributed by atoms with Crippen LogP contribution in [-0.4, -0.2) is 34.6 Å². The smallest absolute Gasteiger partial charge is 0.325 e. The zero-order chi connectivity index (χ0) is 12.4. The minimum atomic E-state index is -1.02. The molecule has 0 spiro atoms. The van der Waals surface area contributed by atoms with E-state index in [1.807, 2.05) is 11.4 Å². The Kier molecular flexibility index (Phi) is 3.33. The Morgan fingerprint density at radius 2 is 2.35 bits per heavy atom. The average molecular weight is 254 g/mol. The van der Waals surface area contributed by atoms with Crippen LogP contribution in [0.3, 0.4) is 0 Å². The van der Waals surface area contributed by atoms with Gasteiger partial charge in [0.1, 0.15) is 6.04 Å². The van der Waals surface area contributed by atoms with E-state index in [4.69, 9.17) is 5.11 Å². The third kappa shape index (κ3) is 2.58. The van der Waals surface area contributed by atoms with Crippen LogP contribution in [0, 0.1) is 0 Å². The lowest BCUT2D eigenvalue weighted by Gasteiger charge is -2.27. The highest BCUT2D eigenvalue weighted by atomic mass is 32.1. The maximum Gasteiger partial charge on any atom is 0.325 e. The van der Waals surface area contributed by atoms with E-state index >= 15 is 0 Å². The number of carbonyl (C=O) groups is 2. The lowest BCUT2D eigenvalue weighted by Crippen LogP contribution is -2.47. The molecule has 1 atom stereocenters. The minimum absolute atomic E-state index is 0.309. The van der Waals surface area contributed by atoms with Gasteiger partial charge in [-0.2, -0.15) is 0 Å². The highest BCUT2D eigenvalue weighted by Gasteiger charge is 2.23. The minimum Gasteiger partial charge on any atom is -0.480 e. The number of carboxylic acids is 1.